The Kier molecular flexibility index (Phi) is 4.09. The molecule has 0 atom stereocenters. The summed E-state index contributed by atoms with van der Waals surface area (Å²) in [5.41, 5.74) is 0.663. The molecule has 1 amide bonds. The molecule has 0 spiro atoms. The fourth-order valence-corrected chi connectivity index (χ4v) is 1.83. The number of rotatable bonds is 3. The van der Waals surface area contributed by atoms with Gasteiger partial charge in [-0.2, -0.15) is 0 Å². The summed E-state index contributed by atoms with van der Waals surface area (Å²) in [5.74, 6) is -0.222. The summed E-state index contributed by atoms with van der Waals surface area (Å²) in [5, 5.41) is 13.4. The zero-order valence-corrected chi connectivity index (χ0v) is 12.0. The van der Waals surface area contributed by atoms with Gasteiger partial charge in [0, 0.05) is 16.7 Å². The number of carbonyl (C=O) groups excluding carboxylic acids is 1. The van der Waals surface area contributed by atoms with E-state index in [4.69, 9.17) is 0 Å². The minimum Gasteiger partial charge on any atom is -0.306 e. The summed E-state index contributed by atoms with van der Waals surface area (Å²) in [7, 11) is 0. The van der Waals surface area contributed by atoms with Crippen LogP contribution in [0.3, 0.4) is 0 Å². The fourth-order valence-electron chi connectivity index (χ4n) is 1.62. The van der Waals surface area contributed by atoms with Crippen molar-refractivity contribution in [3.05, 3.63) is 62.2 Å². The quantitative estimate of drug-likeness (QED) is 0.688. The van der Waals surface area contributed by atoms with E-state index in [1.54, 1.807) is 18.3 Å². The van der Waals surface area contributed by atoms with Gasteiger partial charge in [-0.25, -0.2) is 4.98 Å². The molecule has 7 heteroatoms. The molecular formula is C13H10BrN3O3. The highest BCUT2D eigenvalue weighted by Crippen LogP contribution is 2.21. The average Bonchev–Trinajstić information content (AvgIpc) is 2.43. The largest absolute Gasteiger partial charge is 0.306 e. The lowest BCUT2D eigenvalue weighted by Crippen LogP contribution is -2.14. The van der Waals surface area contributed by atoms with Gasteiger partial charge in [-0.1, -0.05) is 12.1 Å². The zero-order valence-electron chi connectivity index (χ0n) is 10.5. The van der Waals surface area contributed by atoms with E-state index in [9.17, 15) is 14.9 Å². The molecule has 1 N–H and O–H groups in total. The third kappa shape index (κ3) is 3.00. The lowest BCUT2D eigenvalue weighted by atomic mass is 10.1. The third-order valence-electron chi connectivity index (χ3n) is 2.63. The number of nitro groups is 1. The van der Waals surface area contributed by atoms with Gasteiger partial charge in [0.2, 0.25) is 0 Å². The van der Waals surface area contributed by atoms with Gasteiger partial charge in [-0.15, -0.1) is 0 Å². The number of nitrogens with zero attached hydrogens (tertiary/aromatic N) is 2. The highest BCUT2D eigenvalue weighted by atomic mass is 79.9. The molecule has 0 radical (unpaired) electrons. The SMILES string of the molecule is Cc1cc(NC(=O)c2ccccc2[N+](=O)[O-])ncc1Br. The fraction of sp³-hybridized carbons (Fsp3) is 0.0769. The molecule has 0 bridgehead atoms. The molecule has 6 nitrogen and oxygen atoms in total. The van der Waals surface area contributed by atoms with E-state index in [1.807, 2.05) is 6.92 Å². The van der Waals surface area contributed by atoms with Crippen molar-refractivity contribution in [2.75, 3.05) is 5.32 Å². The number of para-hydroxylation sites is 1. The number of benzene rings is 1. The molecular weight excluding hydrogens is 326 g/mol. The van der Waals surface area contributed by atoms with Gasteiger partial charge < -0.3 is 5.32 Å². The lowest BCUT2D eigenvalue weighted by molar-refractivity contribution is -0.385. The summed E-state index contributed by atoms with van der Waals surface area (Å²) in [4.78, 5) is 26.4. The van der Waals surface area contributed by atoms with Crippen LogP contribution in [0.5, 0.6) is 0 Å². The van der Waals surface area contributed by atoms with Crippen LogP contribution in [0, 0.1) is 17.0 Å². The molecule has 1 heterocycles. The average molecular weight is 336 g/mol. The van der Waals surface area contributed by atoms with Crippen molar-refractivity contribution in [3.8, 4) is 0 Å². The highest BCUT2D eigenvalue weighted by molar-refractivity contribution is 9.10. The van der Waals surface area contributed by atoms with Crippen molar-refractivity contribution in [1.82, 2.24) is 4.98 Å². The van der Waals surface area contributed by atoms with E-state index in [2.05, 4.69) is 26.2 Å². The summed E-state index contributed by atoms with van der Waals surface area (Å²) >= 11 is 3.31. The van der Waals surface area contributed by atoms with Crippen LogP contribution in [0.4, 0.5) is 11.5 Å². The number of pyridine rings is 1. The standard InChI is InChI=1S/C13H10BrN3O3/c1-8-6-12(15-7-10(8)14)16-13(18)9-4-2-3-5-11(9)17(19)20/h2-7H,1H3,(H,15,16,18). The maximum Gasteiger partial charge on any atom is 0.282 e. The minimum atomic E-state index is -0.588. The second-order valence-corrected chi connectivity index (χ2v) is 4.90. The van der Waals surface area contributed by atoms with Crippen molar-refractivity contribution in [2.24, 2.45) is 0 Å². The van der Waals surface area contributed by atoms with Crippen molar-refractivity contribution < 1.29 is 9.72 Å². The summed E-state index contributed by atoms with van der Waals surface area (Å²) in [6.45, 7) is 1.85. The van der Waals surface area contributed by atoms with Gasteiger partial charge in [-0.3, -0.25) is 14.9 Å². The van der Waals surface area contributed by atoms with Crippen molar-refractivity contribution >= 4 is 33.3 Å². The Bertz CT molecular complexity index is 688. The third-order valence-corrected chi connectivity index (χ3v) is 3.46. The maximum absolute atomic E-state index is 12.1. The van der Waals surface area contributed by atoms with Crippen LogP contribution in [0.25, 0.3) is 0 Å². The number of hydrogen-bond acceptors (Lipinski definition) is 4. The molecule has 0 saturated carbocycles. The predicted octanol–water partition coefficient (Wildman–Crippen LogP) is 3.31. The lowest BCUT2D eigenvalue weighted by Gasteiger charge is -2.06. The first-order chi connectivity index (χ1) is 9.49. The van der Waals surface area contributed by atoms with Crippen molar-refractivity contribution in [1.29, 1.82) is 0 Å². The normalized spacial score (nSPS) is 10.1. The number of nitrogens with one attached hydrogen (secondary N) is 1. The Morgan fingerprint density at radius 3 is 2.75 bits per heavy atom. The van der Waals surface area contributed by atoms with Crippen LogP contribution in [0.2, 0.25) is 0 Å². The Morgan fingerprint density at radius 2 is 2.10 bits per heavy atom. The zero-order chi connectivity index (χ0) is 14.7. The van der Waals surface area contributed by atoms with Gasteiger partial charge in [-0.05, 0) is 40.5 Å². The summed E-state index contributed by atoms with van der Waals surface area (Å²) < 4.78 is 0.821. The van der Waals surface area contributed by atoms with E-state index in [0.717, 1.165) is 10.0 Å². The minimum absolute atomic E-state index is 0.000119. The molecule has 20 heavy (non-hydrogen) atoms. The van der Waals surface area contributed by atoms with Crippen LogP contribution in [0.1, 0.15) is 15.9 Å². The first kappa shape index (κ1) is 14.1. The van der Waals surface area contributed by atoms with E-state index in [1.165, 1.54) is 18.2 Å². The molecule has 0 aliphatic carbocycles. The van der Waals surface area contributed by atoms with Crippen LogP contribution >= 0.6 is 15.9 Å². The number of amides is 1. The maximum atomic E-state index is 12.1. The van der Waals surface area contributed by atoms with Gasteiger partial charge in [0.1, 0.15) is 11.4 Å². The highest BCUT2D eigenvalue weighted by Gasteiger charge is 2.19. The van der Waals surface area contributed by atoms with E-state index in [-0.39, 0.29) is 11.3 Å². The first-order valence-corrected chi connectivity index (χ1v) is 6.45. The molecule has 2 rings (SSSR count). The Hall–Kier alpha value is -2.28. The Morgan fingerprint density at radius 1 is 1.40 bits per heavy atom. The van der Waals surface area contributed by atoms with Crippen LogP contribution < -0.4 is 5.32 Å². The van der Waals surface area contributed by atoms with Crippen LogP contribution in [-0.4, -0.2) is 15.8 Å². The van der Waals surface area contributed by atoms with Crippen LogP contribution in [0.15, 0.2) is 41.0 Å². The van der Waals surface area contributed by atoms with Crippen LogP contribution in [-0.2, 0) is 0 Å². The summed E-state index contributed by atoms with van der Waals surface area (Å²) in [6.07, 6.45) is 1.56. The molecule has 102 valence electrons. The van der Waals surface area contributed by atoms with Gasteiger partial charge in [0.05, 0.1) is 4.92 Å². The number of hydrogen-bond donors (Lipinski definition) is 1. The van der Waals surface area contributed by atoms with Gasteiger partial charge in [0.15, 0.2) is 0 Å². The van der Waals surface area contributed by atoms with E-state index < -0.39 is 10.8 Å². The predicted molar refractivity (Wildman–Crippen MR) is 77.7 cm³/mol. The molecule has 0 aliphatic heterocycles. The van der Waals surface area contributed by atoms with Gasteiger partial charge >= 0.3 is 0 Å². The number of halogens is 1. The second kappa shape index (κ2) is 5.79. The molecule has 0 aliphatic rings. The number of aromatic nitrogens is 1. The number of carbonyl (C=O) groups is 1. The molecule has 1 aromatic carbocycles. The molecule has 0 fully saturated rings. The van der Waals surface area contributed by atoms with E-state index >= 15 is 0 Å². The Balaban J connectivity index is 2.28. The van der Waals surface area contributed by atoms with E-state index in [0.29, 0.717) is 5.82 Å². The Labute approximate surface area is 123 Å². The second-order valence-electron chi connectivity index (χ2n) is 4.05. The molecule has 2 aromatic rings. The number of anilines is 1. The first-order valence-electron chi connectivity index (χ1n) is 5.66. The molecule has 0 saturated heterocycles. The summed E-state index contributed by atoms with van der Waals surface area (Å²) in [6, 6.07) is 7.45. The van der Waals surface area contributed by atoms with Crippen molar-refractivity contribution in [3.63, 3.8) is 0 Å². The number of nitro benzene ring substituents is 1. The van der Waals surface area contributed by atoms with Crippen molar-refractivity contribution in [2.45, 2.75) is 6.92 Å². The molecule has 1 aromatic heterocycles. The van der Waals surface area contributed by atoms with Gasteiger partial charge in [0.25, 0.3) is 11.6 Å². The topological polar surface area (TPSA) is 85.1 Å². The molecule has 0 unspecified atom stereocenters. The number of aryl methyl sites for hydroxylation is 1. The smallest absolute Gasteiger partial charge is 0.282 e. The monoisotopic (exact) mass is 335 g/mol.